The molecular weight excluding hydrogens is 773 g/mol. The molecule has 0 aliphatic carbocycles. The molecule has 3 aliphatic rings. The summed E-state index contributed by atoms with van der Waals surface area (Å²) >= 11 is 0. The second kappa shape index (κ2) is 18.4. The van der Waals surface area contributed by atoms with E-state index in [1.165, 1.54) is 13.8 Å². The number of pyridine rings is 1. The van der Waals surface area contributed by atoms with E-state index in [0.29, 0.717) is 23.4 Å². The SMILES string of the molecule is CC[C@H]1OC(=O)[C@@](C)(F)C(=O)[C@H](C)[C@@H](O[C@@H]2O[C@H](C)C[C@H](N(C)C)[C@H]2O)[C@@]2(C)C[C@@H](C)C(=O)[C@H](C)[C@H](OC/C(=N\OCc3ccc(-c4cc(N)no4)nc3)CO2)[C@]1(C)O. The fraction of sp³-hybridized carbons (Fsp3) is 0.707. The Kier molecular flexibility index (Phi) is 14.4. The van der Waals surface area contributed by atoms with Gasteiger partial charge in [0.2, 0.25) is 0 Å². The average molecular weight is 834 g/mol. The standard InChI is InChI=1S/C41H60FN5O12/c1-11-30-41(8,52)36-23(4)32(48)21(2)16-39(6,54-20-26(19-53-36)45-55-18-25-12-13-27(44-17-25)29-15-31(43)46-59-29)35(24(5)34(50)40(7,42)38(51)57-30)58-37-33(49)28(47(9)10)14-22(3)56-37/h12-13,15,17,21-24,28,30,33,35-37,49,52H,11,14,16,18-20H2,1-10H3,(H2,43,46)/b45-26+/t21-,22-,23+,24+,28+,30-,33-,35-,36+,37+,39-,40+,41-/m1/s1. The molecule has 2 aromatic rings. The first-order valence-electron chi connectivity index (χ1n) is 20.1. The number of Topliss-reactive ketones (excluding diaryl/α,β-unsaturated/α-hetero) is 2. The Bertz CT molecular complexity index is 1820. The van der Waals surface area contributed by atoms with Crippen LogP contribution in [-0.2, 0) is 49.5 Å². The Labute approximate surface area is 344 Å². The highest BCUT2D eigenvalue weighted by atomic mass is 19.1. The summed E-state index contributed by atoms with van der Waals surface area (Å²) in [4.78, 5) is 54.4. The van der Waals surface area contributed by atoms with Crippen LogP contribution in [0.25, 0.3) is 11.5 Å². The number of carbonyl (C=O) groups is 3. The fourth-order valence-electron chi connectivity index (χ4n) is 8.47. The van der Waals surface area contributed by atoms with Crippen molar-refractivity contribution in [2.45, 2.75) is 141 Å². The van der Waals surface area contributed by atoms with Crippen molar-refractivity contribution in [3.63, 3.8) is 0 Å². The predicted molar refractivity (Wildman–Crippen MR) is 210 cm³/mol. The Balaban J connectivity index is 1.59. The van der Waals surface area contributed by atoms with Gasteiger partial charge in [0.25, 0.3) is 5.67 Å². The van der Waals surface area contributed by atoms with Crippen LogP contribution >= 0.6 is 0 Å². The summed E-state index contributed by atoms with van der Waals surface area (Å²) in [6, 6.07) is 4.59. The highest BCUT2D eigenvalue weighted by Gasteiger charge is 2.57. The Morgan fingerprint density at radius 2 is 1.80 bits per heavy atom. The molecule has 0 radical (unpaired) electrons. The molecule has 4 N–H and O–H groups in total. The third kappa shape index (κ3) is 10.0. The van der Waals surface area contributed by atoms with E-state index in [-0.39, 0.29) is 56.1 Å². The zero-order chi connectivity index (χ0) is 43.6. The van der Waals surface area contributed by atoms with E-state index in [1.54, 1.807) is 66.2 Å². The second-order valence-corrected chi connectivity index (χ2v) is 17.0. The summed E-state index contributed by atoms with van der Waals surface area (Å²) in [5.41, 5.74) is 0.0716. The minimum absolute atomic E-state index is 0.0232. The number of aromatic nitrogens is 2. The van der Waals surface area contributed by atoms with Crippen LogP contribution < -0.4 is 5.73 Å². The van der Waals surface area contributed by atoms with Gasteiger partial charge in [-0.15, -0.1) is 0 Å². The number of rotatable bonds is 8. The first kappa shape index (κ1) is 46.2. The number of aliphatic hydroxyl groups is 2. The minimum atomic E-state index is -3.22. The Morgan fingerprint density at radius 3 is 2.41 bits per heavy atom. The number of nitrogens with two attached hydrogens (primary N) is 1. The summed E-state index contributed by atoms with van der Waals surface area (Å²) in [5.74, 6) is -5.72. The van der Waals surface area contributed by atoms with Crippen LogP contribution in [0.2, 0.25) is 0 Å². The topological polar surface area (TPSA) is 228 Å². The average Bonchev–Trinajstić information content (AvgIpc) is 3.62. The number of esters is 1. The lowest BCUT2D eigenvalue weighted by molar-refractivity contribution is -0.296. The van der Waals surface area contributed by atoms with Crippen molar-refractivity contribution in [3.8, 4) is 11.5 Å². The maximum atomic E-state index is 16.8. The van der Waals surface area contributed by atoms with Gasteiger partial charge in [0.15, 0.2) is 23.7 Å². The minimum Gasteiger partial charge on any atom is -0.457 e. The maximum absolute atomic E-state index is 16.8. The number of hydrogen-bond acceptors (Lipinski definition) is 17. The lowest BCUT2D eigenvalue weighted by Gasteiger charge is -2.47. The molecule has 0 unspecified atom stereocenters. The van der Waals surface area contributed by atoms with Crippen LogP contribution in [0.3, 0.4) is 0 Å². The van der Waals surface area contributed by atoms with E-state index < -0.39 is 83.1 Å². The summed E-state index contributed by atoms with van der Waals surface area (Å²) in [6.07, 6.45) is -5.16. The first-order valence-corrected chi connectivity index (χ1v) is 20.1. The van der Waals surface area contributed by atoms with Crippen LogP contribution in [0.15, 0.2) is 34.1 Å². The molecule has 17 nitrogen and oxygen atoms in total. The van der Waals surface area contributed by atoms with E-state index in [1.807, 2.05) is 11.8 Å². The highest BCUT2D eigenvalue weighted by Crippen LogP contribution is 2.40. The Hall–Kier alpha value is -3.91. The molecule has 59 heavy (non-hydrogen) atoms. The third-order valence-electron chi connectivity index (χ3n) is 11.8. The van der Waals surface area contributed by atoms with Gasteiger partial charge in [0, 0.05) is 41.6 Å². The normalized spacial score (nSPS) is 38.7. The number of ether oxygens (including phenoxy) is 5. The quantitative estimate of drug-likeness (QED) is 0.197. The molecule has 13 atom stereocenters. The van der Waals surface area contributed by atoms with Crippen molar-refractivity contribution >= 4 is 29.1 Å². The van der Waals surface area contributed by atoms with Gasteiger partial charge in [-0.3, -0.25) is 14.6 Å². The van der Waals surface area contributed by atoms with Crippen molar-refractivity contribution in [2.75, 3.05) is 33.0 Å². The Morgan fingerprint density at radius 1 is 1.08 bits per heavy atom. The molecule has 2 aromatic heterocycles. The monoisotopic (exact) mass is 833 g/mol. The number of fused-ring (bicyclic) bond motifs is 5. The molecule has 3 saturated heterocycles. The van der Waals surface area contributed by atoms with Crippen molar-refractivity contribution in [1.29, 1.82) is 0 Å². The molecule has 3 fully saturated rings. The molecule has 0 spiro atoms. The number of ketones is 2. The molecule has 3 aliphatic heterocycles. The number of anilines is 1. The molecule has 2 bridgehead atoms. The molecular formula is C41H60FN5O12. The van der Waals surface area contributed by atoms with Gasteiger partial charge >= 0.3 is 5.97 Å². The molecule has 0 amide bonds. The number of hydrogen-bond donors (Lipinski definition) is 3. The van der Waals surface area contributed by atoms with Crippen LogP contribution in [0, 0.1) is 17.8 Å². The number of oxime groups is 1. The van der Waals surface area contributed by atoms with Gasteiger partial charge in [0.05, 0.1) is 37.1 Å². The van der Waals surface area contributed by atoms with Gasteiger partial charge in [-0.2, -0.15) is 0 Å². The molecule has 5 rings (SSSR count). The predicted octanol–water partition coefficient (Wildman–Crippen LogP) is 3.43. The molecule has 5 heterocycles. The fourth-order valence-corrected chi connectivity index (χ4v) is 8.47. The van der Waals surface area contributed by atoms with Crippen LogP contribution in [0.1, 0.15) is 80.2 Å². The van der Waals surface area contributed by atoms with E-state index in [4.69, 9.17) is 38.8 Å². The number of carbonyl (C=O) groups excluding carboxylic acids is 3. The lowest BCUT2D eigenvalue weighted by Crippen LogP contribution is -2.61. The zero-order valence-corrected chi connectivity index (χ0v) is 35.5. The van der Waals surface area contributed by atoms with Crippen LogP contribution in [-0.4, -0.2) is 136 Å². The third-order valence-corrected chi connectivity index (χ3v) is 11.8. The number of alkyl halides is 1. The van der Waals surface area contributed by atoms with Gasteiger partial charge < -0.3 is 53.9 Å². The summed E-state index contributed by atoms with van der Waals surface area (Å²) < 4.78 is 53.2. The number of likely N-dealkylation sites (N-methyl/N-ethyl adjacent to an activating group) is 1. The summed E-state index contributed by atoms with van der Waals surface area (Å²) in [7, 11) is 3.61. The molecule has 328 valence electrons. The van der Waals surface area contributed by atoms with Gasteiger partial charge in [-0.1, -0.05) is 44.1 Å². The molecule has 0 aromatic carbocycles. The van der Waals surface area contributed by atoms with E-state index >= 15 is 4.39 Å². The number of cyclic esters (lactones) is 1. The van der Waals surface area contributed by atoms with Crippen molar-refractivity contribution in [2.24, 2.45) is 22.9 Å². The van der Waals surface area contributed by atoms with Crippen molar-refractivity contribution in [1.82, 2.24) is 15.0 Å². The van der Waals surface area contributed by atoms with Gasteiger partial charge in [-0.25, -0.2) is 9.18 Å². The number of aliphatic hydroxyl groups excluding tert-OH is 1. The largest absolute Gasteiger partial charge is 0.457 e. The maximum Gasteiger partial charge on any atom is 0.351 e. The number of nitrogen functional groups attached to an aromatic ring is 1. The first-order chi connectivity index (χ1) is 27.6. The molecule has 0 saturated carbocycles. The number of nitrogens with zero attached hydrogens (tertiary/aromatic N) is 4. The van der Waals surface area contributed by atoms with Gasteiger partial charge in [-0.05, 0) is 67.1 Å². The zero-order valence-electron chi connectivity index (χ0n) is 35.5. The second-order valence-electron chi connectivity index (χ2n) is 17.0. The highest BCUT2D eigenvalue weighted by molar-refractivity contribution is 6.08. The number of halogens is 1. The van der Waals surface area contributed by atoms with Crippen LogP contribution in [0.5, 0.6) is 0 Å². The molecule has 18 heteroatoms. The lowest BCUT2D eigenvalue weighted by atomic mass is 9.74. The van der Waals surface area contributed by atoms with Gasteiger partial charge in [0.1, 0.15) is 41.6 Å². The summed E-state index contributed by atoms with van der Waals surface area (Å²) in [5, 5.41) is 31.7. The van der Waals surface area contributed by atoms with Crippen molar-refractivity contribution < 1.29 is 62.0 Å². The van der Waals surface area contributed by atoms with E-state index in [2.05, 4.69) is 15.3 Å². The smallest absolute Gasteiger partial charge is 0.351 e. The van der Waals surface area contributed by atoms with Crippen LogP contribution in [0.4, 0.5) is 10.2 Å². The van der Waals surface area contributed by atoms with Crippen molar-refractivity contribution in [3.05, 3.63) is 30.0 Å². The summed E-state index contributed by atoms with van der Waals surface area (Å²) in [6.45, 7) is 11.2. The van der Waals surface area contributed by atoms with E-state index in [0.717, 1.165) is 6.92 Å². The van der Waals surface area contributed by atoms with E-state index in [9.17, 15) is 24.6 Å².